The molecule has 122 valence electrons. The van der Waals surface area contributed by atoms with Gasteiger partial charge in [-0.3, -0.25) is 4.79 Å². The molecule has 6 heteroatoms. The Morgan fingerprint density at radius 2 is 1.80 bits per heavy atom. The molecule has 25 heavy (non-hydrogen) atoms. The zero-order valence-corrected chi connectivity index (χ0v) is 13.9. The molecule has 1 aromatic heterocycles. The number of nitrogen functional groups attached to an aromatic ring is 1. The van der Waals surface area contributed by atoms with Crippen LogP contribution in [0.25, 0.3) is 11.3 Å². The number of allylic oxidation sites excluding steroid dienone is 1. The first-order valence-corrected chi connectivity index (χ1v) is 7.74. The van der Waals surface area contributed by atoms with Crippen LogP contribution >= 0.6 is 11.6 Å². The minimum Gasteiger partial charge on any atom is -0.382 e. The Hall–Kier alpha value is -3.36. The Balaban J connectivity index is 2.07. The zero-order valence-electron chi connectivity index (χ0n) is 13.1. The fourth-order valence-corrected chi connectivity index (χ4v) is 2.52. The molecule has 0 aliphatic heterocycles. The van der Waals surface area contributed by atoms with Gasteiger partial charge >= 0.3 is 0 Å². The molecule has 0 unspecified atom stereocenters. The van der Waals surface area contributed by atoms with Crippen molar-refractivity contribution in [1.82, 2.24) is 9.78 Å². The van der Waals surface area contributed by atoms with Crippen LogP contribution in [-0.4, -0.2) is 15.6 Å². The van der Waals surface area contributed by atoms with Crippen molar-refractivity contribution in [3.8, 4) is 11.8 Å². The molecule has 3 rings (SSSR count). The van der Waals surface area contributed by atoms with E-state index in [1.807, 2.05) is 12.1 Å². The van der Waals surface area contributed by atoms with E-state index < -0.39 is 5.78 Å². The topological polar surface area (TPSA) is 84.7 Å². The number of hydrogen-bond donors (Lipinski definition) is 1. The predicted molar refractivity (Wildman–Crippen MR) is 97.5 cm³/mol. The van der Waals surface area contributed by atoms with Crippen molar-refractivity contribution in [3.63, 3.8) is 0 Å². The molecule has 1 heterocycles. The first kappa shape index (κ1) is 16.5. The zero-order chi connectivity index (χ0) is 18.0. The number of Topliss-reactive ketones (excluding diaryl/α,β-unsaturated/α-hetero) is 1. The van der Waals surface area contributed by atoms with Crippen LogP contribution in [0.4, 0.5) is 5.82 Å². The van der Waals surface area contributed by atoms with Gasteiger partial charge in [0.15, 0.2) is 5.69 Å². The van der Waals surface area contributed by atoms with E-state index in [1.165, 1.54) is 4.68 Å². The van der Waals surface area contributed by atoms with Crippen LogP contribution in [0.3, 0.4) is 0 Å². The monoisotopic (exact) mass is 348 g/mol. The number of hydrogen-bond acceptors (Lipinski definition) is 4. The SMILES string of the molecule is C=C(C(=O)c1nn(-c2ccc(Cl)cc2)c(N)c1C#N)c1ccccc1. The van der Waals surface area contributed by atoms with Crippen LogP contribution in [0.5, 0.6) is 0 Å². The molecule has 2 N–H and O–H groups in total. The number of ketones is 1. The van der Waals surface area contributed by atoms with Gasteiger partial charge in [-0.1, -0.05) is 48.5 Å². The largest absolute Gasteiger partial charge is 0.382 e. The Bertz CT molecular complexity index is 998. The lowest BCUT2D eigenvalue weighted by molar-refractivity contribution is 0.105. The van der Waals surface area contributed by atoms with Gasteiger partial charge in [-0.05, 0) is 29.8 Å². The highest BCUT2D eigenvalue weighted by Crippen LogP contribution is 2.25. The number of nitrogens with zero attached hydrogens (tertiary/aromatic N) is 3. The van der Waals surface area contributed by atoms with Crippen molar-refractivity contribution in [2.24, 2.45) is 0 Å². The molecule has 3 aromatic rings. The van der Waals surface area contributed by atoms with E-state index in [4.69, 9.17) is 17.3 Å². The number of halogens is 1. The van der Waals surface area contributed by atoms with Crippen molar-refractivity contribution >= 4 is 28.8 Å². The second kappa shape index (κ2) is 6.63. The molecular formula is C19H13ClN4O. The number of nitriles is 1. The van der Waals surface area contributed by atoms with Crippen molar-refractivity contribution < 1.29 is 4.79 Å². The van der Waals surface area contributed by atoms with Crippen molar-refractivity contribution in [3.05, 3.63) is 83.0 Å². The summed E-state index contributed by atoms with van der Waals surface area (Å²) in [6.07, 6.45) is 0. The molecule has 2 aromatic carbocycles. The molecule has 0 saturated heterocycles. The van der Waals surface area contributed by atoms with E-state index >= 15 is 0 Å². The first-order valence-electron chi connectivity index (χ1n) is 7.36. The van der Waals surface area contributed by atoms with Gasteiger partial charge in [0.05, 0.1) is 5.69 Å². The van der Waals surface area contributed by atoms with Crippen LogP contribution in [0.15, 0.2) is 61.2 Å². The maximum absolute atomic E-state index is 12.8. The van der Waals surface area contributed by atoms with E-state index in [-0.39, 0.29) is 22.6 Å². The molecule has 0 atom stereocenters. The molecule has 0 aliphatic rings. The van der Waals surface area contributed by atoms with Gasteiger partial charge in [0.2, 0.25) is 5.78 Å². The van der Waals surface area contributed by atoms with Crippen molar-refractivity contribution in [1.29, 1.82) is 5.26 Å². The summed E-state index contributed by atoms with van der Waals surface area (Å²) >= 11 is 5.88. The normalized spacial score (nSPS) is 10.2. The summed E-state index contributed by atoms with van der Waals surface area (Å²) < 4.78 is 1.35. The van der Waals surface area contributed by atoms with Crippen LogP contribution < -0.4 is 5.73 Å². The number of carbonyl (C=O) groups is 1. The highest BCUT2D eigenvalue weighted by atomic mass is 35.5. The van der Waals surface area contributed by atoms with Gasteiger partial charge in [0, 0.05) is 10.6 Å². The molecule has 0 saturated carbocycles. The Morgan fingerprint density at radius 1 is 1.16 bits per heavy atom. The molecule has 0 aliphatic carbocycles. The summed E-state index contributed by atoms with van der Waals surface area (Å²) in [5, 5.41) is 14.2. The third-order valence-electron chi connectivity index (χ3n) is 3.72. The Morgan fingerprint density at radius 3 is 2.40 bits per heavy atom. The number of nitrogens with two attached hydrogens (primary N) is 1. The lowest BCUT2D eigenvalue weighted by Crippen LogP contribution is -2.06. The first-order chi connectivity index (χ1) is 12.0. The second-order valence-corrected chi connectivity index (χ2v) is 5.72. The van der Waals surface area contributed by atoms with Crippen LogP contribution in [-0.2, 0) is 0 Å². The maximum Gasteiger partial charge on any atom is 0.214 e. The lowest BCUT2D eigenvalue weighted by atomic mass is 10.00. The number of carbonyl (C=O) groups excluding carboxylic acids is 1. The average Bonchev–Trinajstić information content (AvgIpc) is 2.98. The van der Waals surface area contributed by atoms with Crippen LogP contribution in [0, 0.1) is 11.3 Å². The average molecular weight is 349 g/mol. The Kier molecular flexibility index (Phi) is 4.38. The van der Waals surface area contributed by atoms with Gasteiger partial charge in [-0.25, -0.2) is 4.68 Å². The smallest absolute Gasteiger partial charge is 0.214 e. The van der Waals surface area contributed by atoms with Gasteiger partial charge in [-0.2, -0.15) is 10.4 Å². The highest BCUT2D eigenvalue weighted by Gasteiger charge is 2.24. The third-order valence-corrected chi connectivity index (χ3v) is 3.97. The fraction of sp³-hybridized carbons (Fsp3) is 0. The quantitative estimate of drug-likeness (QED) is 0.572. The van der Waals surface area contributed by atoms with Gasteiger partial charge in [0.1, 0.15) is 17.5 Å². The number of benzene rings is 2. The molecule has 5 nitrogen and oxygen atoms in total. The molecule has 0 fully saturated rings. The molecule has 0 spiro atoms. The van der Waals surface area contributed by atoms with Crippen molar-refractivity contribution in [2.45, 2.75) is 0 Å². The summed E-state index contributed by atoms with van der Waals surface area (Å²) in [6.45, 7) is 3.83. The highest BCUT2D eigenvalue weighted by molar-refractivity contribution is 6.30. The third kappa shape index (κ3) is 3.03. The second-order valence-electron chi connectivity index (χ2n) is 5.28. The fourth-order valence-electron chi connectivity index (χ4n) is 2.39. The number of aromatic nitrogens is 2. The molecule has 0 radical (unpaired) electrons. The minimum atomic E-state index is -0.442. The van der Waals surface area contributed by atoms with Crippen LogP contribution in [0.2, 0.25) is 5.02 Å². The van der Waals surface area contributed by atoms with E-state index in [0.717, 1.165) is 0 Å². The summed E-state index contributed by atoms with van der Waals surface area (Å²) in [5.41, 5.74) is 7.54. The number of rotatable bonds is 4. The summed E-state index contributed by atoms with van der Waals surface area (Å²) in [7, 11) is 0. The lowest BCUT2D eigenvalue weighted by Gasteiger charge is -2.04. The standard InChI is InChI=1S/C19H13ClN4O/c1-12(13-5-3-2-4-6-13)18(25)17-16(11-21)19(22)24(23-17)15-9-7-14(20)8-10-15/h2-10H,1,22H2. The van der Waals surface area contributed by atoms with Gasteiger partial charge in [0.25, 0.3) is 0 Å². The molecule has 0 amide bonds. The number of anilines is 1. The molecular weight excluding hydrogens is 336 g/mol. The minimum absolute atomic E-state index is 0.0243. The van der Waals surface area contributed by atoms with E-state index in [9.17, 15) is 10.1 Å². The van der Waals surface area contributed by atoms with Gasteiger partial charge in [-0.15, -0.1) is 0 Å². The van der Waals surface area contributed by atoms with E-state index in [0.29, 0.717) is 16.3 Å². The van der Waals surface area contributed by atoms with Crippen LogP contribution in [0.1, 0.15) is 21.6 Å². The molecule has 0 bridgehead atoms. The Labute approximate surface area is 149 Å². The summed E-state index contributed by atoms with van der Waals surface area (Å²) in [4.78, 5) is 12.8. The van der Waals surface area contributed by atoms with E-state index in [1.54, 1.807) is 48.5 Å². The predicted octanol–water partition coefficient (Wildman–Crippen LogP) is 3.88. The van der Waals surface area contributed by atoms with Gasteiger partial charge < -0.3 is 5.73 Å². The maximum atomic E-state index is 12.8. The summed E-state index contributed by atoms with van der Waals surface area (Å²) in [6, 6.07) is 17.7. The summed E-state index contributed by atoms with van der Waals surface area (Å²) in [5.74, 6) is -0.351. The van der Waals surface area contributed by atoms with Crippen molar-refractivity contribution in [2.75, 3.05) is 5.73 Å². The van der Waals surface area contributed by atoms with E-state index in [2.05, 4.69) is 11.7 Å².